The highest BCUT2D eigenvalue weighted by molar-refractivity contribution is 8.68. The lowest BCUT2D eigenvalue weighted by molar-refractivity contribution is -0.137. The van der Waals surface area contributed by atoms with Crippen LogP contribution in [-0.4, -0.2) is 33.1 Å². The number of esters is 1. The minimum absolute atomic E-state index is 0.162. The Morgan fingerprint density at radius 1 is 1.42 bits per heavy atom. The molecule has 0 N–H and O–H groups in total. The van der Waals surface area contributed by atoms with E-state index in [0.29, 0.717) is 0 Å². The van der Waals surface area contributed by atoms with Gasteiger partial charge in [0.1, 0.15) is 5.75 Å². The van der Waals surface area contributed by atoms with Gasteiger partial charge in [-0.2, -0.15) is 0 Å². The lowest BCUT2D eigenvalue weighted by Gasteiger charge is -2.15. The molecule has 0 radical (unpaired) electrons. The van der Waals surface area contributed by atoms with Crippen molar-refractivity contribution in [3.05, 3.63) is 0 Å². The molecule has 0 amide bonds. The summed E-state index contributed by atoms with van der Waals surface area (Å²) in [5, 5.41) is 0. The molecule has 12 heavy (non-hydrogen) atoms. The third kappa shape index (κ3) is 4.42. The maximum Gasteiger partial charge on any atom is 0.316 e. The van der Waals surface area contributed by atoms with E-state index in [-0.39, 0.29) is 11.7 Å². The summed E-state index contributed by atoms with van der Waals surface area (Å²) in [6.07, 6.45) is 0. The smallest absolute Gasteiger partial charge is 0.316 e. The molecule has 0 saturated heterocycles. The molecule has 0 aromatic rings. The summed E-state index contributed by atoms with van der Waals surface area (Å²) in [7, 11) is 4.26. The van der Waals surface area contributed by atoms with E-state index in [1.807, 2.05) is 0 Å². The van der Waals surface area contributed by atoms with Crippen molar-refractivity contribution in [1.29, 1.82) is 0 Å². The van der Waals surface area contributed by atoms with Gasteiger partial charge in [0.05, 0.1) is 7.11 Å². The molecule has 72 valence electrons. The number of carbonyl (C=O) groups excluding carboxylic acids is 1. The minimum atomic E-state index is -2.30. The molecule has 0 spiro atoms. The highest BCUT2D eigenvalue weighted by atomic mass is 32.9. The SMILES string of the molecule is COC(=O)CSP(=S)(OC)OC. The van der Waals surface area contributed by atoms with Crippen molar-refractivity contribution in [2.75, 3.05) is 27.1 Å². The Bertz CT molecular complexity index is 188. The van der Waals surface area contributed by atoms with Crippen LogP contribution in [0.3, 0.4) is 0 Å². The van der Waals surface area contributed by atoms with Crippen LogP contribution in [0, 0.1) is 0 Å². The molecule has 7 heteroatoms. The molecule has 0 atom stereocenters. The van der Waals surface area contributed by atoms with Crippen molar-refractivity contribution in [3.8, 4) is 0 Å². The fourth-order valence-electron chi connectivity index (χ4n) is 0.371. The first-order valence-corrected chi connectivity index (χ1v) is 7.23. The summed E-state index contributed by atoms with van der Waals surface area (Å²) in [5.41, 5.74) is -2.30. The van der Waals surface area contributed by atoms with Gasteiger partial charge in [0.15, 0.2) is 0 Å². The maximum atomic E-state index is 10.7. The van der Waals surface area contributed by atoms with Crippen molar-refractivity contribution in [2.45, 2.75) is 0 Å². The van der Waals surface area contributed by atoms with E-state index in [1.165, 1.54) is 21.3 Å². The third-order valence-electron chi connectivity index (χ3n) is 1.02. The number of rotatable bonds is 5. The van der Waals surface area contributed by atoms with Crippen LogP contribution in [0.1, 0.15) is 0 Å². The van der Waals surface area contributed by atoms with Crippen molar-refractivity contribution >= 4 is 34.9 Å². The highest BCUT2D eigenvalue weighted by Crippen LogP contribution is 2.59. The Hall–Kier alpha value is 0.390. The number of carbonyl (C=O) groups is 1. The number of ether oxygens (including phenoxy) is 1. The van der Waals surface area contributed by atoms with E-state index < -0.39 is 5.69 Å². The monoisotopic (exact) mass is 230 g/mol. The lowest BCUT2D eigenvalue weighted by atomic mass is 10.8. The Labute approximate surface area is 80.9 Å². The Morgan fingerprint density at radius 2 is 1.92 bits per heavy atom. The Balaban J connectivity index is 3.89. The highest BCUT2D eigenvalue weighted by Gasteiger charge is 2.18. The van der Waals surface area contributed by atoms with Gasteiger partial charge in [0, 0.05) is 14.2 Å². The number of methoxy groups -OCH3 is 1. The average Bonchev–Trinajstić information content (AvgIpc) is 2.13. The summed E-state index contributed by atoms with van der Waals surface area (Å²) in [4.78, 5) is 10.7. The minimum Gasteiger partial charge on any atom is -0.468 e. The standard InChI is InChI=1S/C5H11O4PS2/c1-7-5(6)4-12-10(11,8-2)9-3/h4H2,1-3H3. The second-order valence-electron chi connectivity index (χ2n) is 1.66. The summed E-state index contributed by atoms with van der Waals surface area (Å²) in [5.74, 6) is -0.168. The first-order chi connectivity index (χ1) is 5.58. The zero-order valence-electron chi connectivity index (χ0n) is 7.10. The van der Waals surface area contributed by atoms with E-state index in [1.54, 1.807) is 0 Å². The van der Waals surface area contributed by atoms with Gasteiger partial charge in [-0.3, -0.25) is 4.79 Å². The average molecular weight is 230 g/mol. The summed E-state index contributed by atoms with van der Waals surface area (Å²) in [6, 6.07) is 0. The summed E-state index contributed by atoms with van der Waals surface area (Å²) in [6.45, 7) is 0. The molecule has 0 aromatic heterocycles. The molecular formula is C5H11O4PS2. The normalized spacial score (nSPS) is 11.2. The largest absolute Gasteiger partial charge is 0.468 e. The van der Waals surface area contributed by atoms with Gasteiger partial charge in [0.25, 0.3) is 0 Å². The zero-order chi connectivity index (χ0) is 9.61. The molecule has 0 aliphatic carbocycles. The van der Waals surface area contributed by atoms with Crippen molar-refractivity contribution in [1.82, 2.24) is 0 Å². The Morgan fingerprint density at radius 3 is 2.25 bits per heavy atom. The Kier molecular flexibility index (Phi) is 6.13. The van der Waals surface area contributed by atoms with Gasteiger partial charge in [-0.25, -0.2) is 0 Å². The van der Waals surface area contributed by atoms with Crippen LogP contribution >= 0.6 is 17.1 Å². The van der Waals surface area contributed by atoms with E-state index in [2.05, 4.69) is 4.74 Å². The van der Waals surface area contributed by atoms with E-state index in [9.17, 15) is 4.79 Å². The second-order valence-corrected chi connectivity index (χ2v) is 8.19. The van der Waals surface area contributed by atoms with Gasteiger partial charge >= 0.3 is 5.97 Å². The molecule has 0 heterocycles. The molecule has 0 saturated carbocycles. The van der Waals surface area contributed by atoms with Crippen LogP contribution in [0.25, 0.3) is 0 Å². The van der Waals surface area contributed by atoms with E-state index in [0.717, 1.165) is 11.4 Å². The van der Waals surface area contributed by atoms with Crippen LogP contribution in [0.4, 0.5) is 0 Å². The first-order valence-electron chi connectivity index (χ1n) is 3.01. The predicted molar refractivity (Wildman–Crippen MR) is 52.8 cm³/mol. The number of hydrogen-bond donors (Lipinski definition) is 0. The van der Waals surface area contributed by atoms with E-state index in [4.69, 9.17) is 20.9 Å². The van der Waals surface area contributed by atoms with Gasteiger partial charge < -0.3 is 13.8 Å². The van der Waals surface area contributed by atoms with Gasteiger partial charge in [0.2, 0.25) is 5.69 Å². The fourth-order valence-corrected chi connectivity index (χ4v) is 3.01. The maximum absolute atomic E-state index is 10.7. The molecule has 0 aromatic carbocycles. The van der Waals surface area contributed by atoms with E-state index >= 15 is 0 Å². The zero-order valence-corrected chi connectivity index (χ0v) is 9.63. The third-order valence-corrected chi connectivity index (χ3v) is 6.66. The fraction of sp³-hybridized carbons (Fsp3) is 0.800. The molecule has 0 fully saturated rings. The van der Waals surface area contributed by atoms with Gasteiger partial charge in [-0.05, 0) is 11.8 Å². The van der Waals surface area contributed by atoms with Crippen molar-refractivity contribution in [2.24, 2.45) is 0 Å². The summed E-state index contributed by atoms with van der Waals surface area (Å²) < 4.78 is 14.3. The van der Waals surface area contributed by atoms with Crippen LogP contribution < -0.4 is 0 Å². The molecule has 0 bridgehead atoms. The molecule has 0 unspecified atom stereocenters. The van der Waals surface area contributed by atoms with Crippen LogP contribution in [0.15, 0.2) is 0 Å². The second kappa shape index (κ2) is 5.94. The van der Waals surface area contributed by atoms with Crippen molar-refractivity contribution < 1.29 is 18.6 Å². The molecule has 4 nitrogen and oxygen atoms in total. The number of hydrogen-bond acceptors (Lipinski definition) is 6. The first kappa shape index (κ1) is 12.4. The van der Waals surface area contributed by atoms with Crippen LogP contribution in [0.5, 0.6) is 0 Å². The molecule has 0 aliphatic heterocycles. The summed E-state index contributed by atoms with van der Waals surface area (Å²) >= 11 is 6.16. The van der Waals surface area contributed by atoms with Crippen LogP contribution in [0.2, 0.25) is 0 Å². The van der Waals surface area contributed by atoms with Crippen LogP contribution in [-0.2, 0) is 30.4 Å². The molecule has 0 aliphatic rings. The van der Waals surface area contributed by atoms with Gasteiger partial charge in [-0.1, -0.05) is 11.4 Å². The van der Waals surface area contributed by atoms with Crippen molar-refractivity contribution in [3.63, 3.8) is 0 Å². The predicted octanol–water partition coefficient (Wildman–Crippen LogP) is 1.41. The lowest BCUT2D eigenvalue weighted by Crippen LogP contribution is -2.03. The molecular weight excluding hydrogens is 219 g/mol. The molecule has 0 rings (SSSR count). The van der Waals surface area contributed by atoms with Gasteiger partial charge in [-0.15, -0.1) is 0 Å². The topological polar surface area (TPSA) is 44.8 Å². The quantitative estimate of drug-likeness (QED) is 0.525.